The zero-order valence-electron chi connectivity index (χ0n) is 13.6. The molecule has 0 aliphatic carbocycles. The van der Waals surface area contributed by atoms with Crippen LogP contribution in [-0.4, -0.2) is 64.3 Å². The summed E-state index contributed by atoms with van der Waals surface area (Å²) in [6.45, 7) is 0.0228. The minimum Gasteiger partial charge on any atom is -0.333 e. The van der Waals surface area contributed by atoms with Gasteiger partial charge in [0.2, 0.25) is 0 Å². The van der Waals surface area contributed by atoms with Gasteiger partial charge in [0.1, 0.15) is 12.1 Å². The van der Waals surface area contributed by atoms with Crippen molar-refractivity contribution in [2.75, 3.05) is 13.6 Å². The van der Waals surface area contributed by atoms with Crippen molar-refractivity contribution in [3.05, 3.63) is 17.5 Å². The number of nitrogens with two attached hydrogens (primary N) is 1. The normalized spacial score (nSPS) is 22.4. The van der Waals surface area contributed by atoms with Crippen LogP contribution in [0.1, 0.15) is 23.3 Å². The third-order valence-corrected chi connectivity index (χ3v) is 4.31. The lowest BCUT2D eigenvalue weighted by Crippen LogP contribution is -2.45. The van der Waals surface area contributed by atoms with Gasteiger partial charge in [-0.1, -0.05) is 0 Å². The van der Waals surface area contributed by atoms with Crippen molar-refractivity contribution >= 4 is 28.4 Å². The molecule has 15 heteroatoms. The highest BCUT2D eigenvalue weighted by Gasteiger charge is 2.53. The van der Waals surface area contributed by atoms with Crippen molar-refractivity contribution < 1.29 is 31.7 Å². The fourth-order valence-corrected chi connectivity index (χ4v) is 3.40. The van der Waals surface area contributed by atoms with E-state index in [0.717, 1.165) is 0 Å². The molecule has 2 aliphatic heterocycles. The Kier molecular flexibility index (Phi) is 4.21. The molecule has 14 nitrogen and oxygen atoms in total. The Labute approximate surface area is 147 Å². The van der Waals surface area contributed by atoms with Crippen LogP contribution in [0.4, 0.5) is 9.59 Å². The molecule has 1 aromatic heterocycles. The lowest BCUT2D eigenvalue weighted by Gasteiger charge is -2.31. The number of primary amides is 1. The molecule has 0 radical (unpaired) electrons. The summed E-state index contributed by atoms with van der Waals surface area (Å²) < 4.78 is 37.0. The molecule has 3 rings (SSSR count). The SMILES string of the molecule is CN=C(NOC(N)=O)C1c2c(cnn2C)C2CN1C(=O)N2OS(=O)(=O)O. The monoisotopic (exact) mass is 389 g/mol. The number of carbonyl (C=O) groups excluding carboxylic acids is 2. The Morgan fingerprint density at radius 1 is 1.54 bits per heavy atom. The van der Waals surface area contributed by atoms with Gasteiger partial charge in [-0.3, -0.25) is 14.2 Å². The van der Waals surface area contributed by atoms with Gasteiger partial charge in [-0.15, -0.1) is 4.28 Å². The smallest absolute Gasteiger partial charge is 0.333 e. The van der Waals surface area contributed by atoms with Crippen LogP contribution >= 0.6 is 0 Å². The number of hydrogen-bond acceptors (Lipinski definition) is 8. The summed E-state index contributed by atoms with van der Waals surface area (Å²) in [7, 11) is -1.92. The van der Waals surface area contributed by atoms with E-state index in [-0.39, 0.29) is 12.4 Å². The zero-order valence-corrected chi connectivity index (χ0v) is 14.4. The molecule has 0 spiro atoms. The molecule has 142 valence electrons. The first kappa shape index (κ1) is 17.9. The largest absolute Gasteiger partial charge is 0.428 e. The highest BCUT2D eigenvalue weighted by Crippen LogP contribution is 2.44. The molecule has 2 bridgehead atoms. The van der Waals surface area contributed by atoms with E-state index in [1.54, 1.807) is 7.05 Å². The summed E-state index contributed by atoms with van der Waals surface area (Å²) in [6, 6.07) is -2.55. The number of carbonyl (C=O) groups is 2. The molecule has 2 atom stereocenters. The minimum absolute atomic E-state index is 0.0228. The highest BCUT2D eigenvalue weighted by atomic mass is 32.3. The fourth-order valence-electron chi connectivity index (χ4n) is 3.03. The minimum atomic E-state index is -4.92. The van der Waals surface area contributed by atoms with Gasteiger partial charge in [-0.05, 0) is 0 Å². The quantitative estimate of drug-likeness (QED) is 0.243. The molecule has 0 saturated carbocycles. The summed E-state index contributed by atoms with van der Waals surface area (Å²) >= 11 is 0. The maximum atomic E-state index is 12.6. The number of nitrogens with one attached hydrogen (secondary N) is 1. The fraction of sp³-hybridized carbons (Fsp3) is 0.455. The van der Waals surface area contributed by atoms with Crippen LogP contribution in [0.5, 0.6) is 0 Å². The molecule has 1 saturated heterocycles. The first-order chi connectivity index (χ1) is 12.1. The van der Waals surface area contributed by atoms with E-state index in [2.05, 4.69) is 24.7 Å². The number of nitrogens with zero attached hydrogens (tertiary/aromatic N) is 5. The van der Waals surface area contributed by atoms with Crippen LogP contribution in [-0.2, 0) is 26.6 Å². The second-order valence-corrected chi connectivity index (χ2v) is 6.43. The summed E-state index contributed by atoms with van der Waals surface area (Å²) in [6.07, 6.45) is 0.319. The van der Waals surface area contributed by atoms with Gasteiger partial charge >= 0.3 is 22.5 Å². The van der Waals surface area contributed by atoms with E-state index in [1.165, 1.54) is 22.8 Å². The number of hydrogen-bond donors (Lipinski definition) is 3. The Balaban J connectivity index is 2.05. The Bertz CT molecular complexity index is 895. The predicted molar refractivity (Wildman–Crippen MR) is 82.4 cm³/mol. The van der Waals surface area contributed by atoms with Crippen molar-refractivity contribution in [1.82, 2.24) is 25.2 Å². The van der Waals surface area contributed by atoms with E-state index in [1.807, 2.05) is 0 Å². The van der Waals surface area contributed by atoms with E-state index >= 15 is 0 Å². The lowest BCUT2D eigenvalue weighted by atomic mass is 9.97. The maximum absolute atomic E-state index is 12.6. The number of aryl methyl sites for hydroxylation is 1. The van der Waals surface area contributed by atoms with Gasteiger partial charge in [0, 0.05) is 19.7 Å². The van der Waals surface area contributed by atoms with Crippen molar-refractivity contribution in [1.29, 1.82) is 0 Å². The predicted octanol–water partition coefficient (Wildman–Crippen LogP) is -1.38. The zero-order chi connectivity index (χ0) is 19.2. The van der Waals surface area contributed by atoms with Crippen molar-refractivity contribution in [3.63, 3.8) is 0 Å². The number of rotatable bonds is 3. The third kappa shape index (κ3) is 2.91. The summed E-state index contributed by atoms with van der Waals surface area (Å²) in [5.41, 5.74) is 8.16. The van der Waals surface area contributed by atoms with E-state index < -0.39 is 34.6 Å². The van der Waals surface area contributed by atoms with Crippen LogP contribution in [0.2, 0.25) is 0 Å². The Hall–Kier alpha value is -2.91. The van der Waals surface area contributed by atoms with E-state index in [4.69, 9.17) is 10.3 Å². The molecule has 1 aromatic rings. The van der Waals surface area contributed by atoms with Crippen molar-refractivity contribution in [2.45, 2.75) is 12.1 Å². The second kappa shape index (κ2) is 6.11. The van der Waals surface area contributed by atoms with Gasteiger partial charge in [-0.2, -0.15) is 18.6 Å². The van der Waals surface area contributed by atoms with Crippen LogP contribution in [0, 0.1) is 0 Å². The summed E-state index contributed by atoms with van der Waals surface area (Å²) in [5.74, 6) is 0.0501. The van der Waals surface area contributed by atoms with Gasteiger partial charge in [0.25, 0.3) is 0 Å². The standard InChI is InChI=1S/C11H15N7O7S/c1-13-9(15-24-10(12)19)8-7-5(3-14-16(7)2)6-4-17(8)11(20)18(6)25-26(21,22)23/h3,6,8H,4H2,1-2H3,(H2,12,19)(H,13,15)(H,21,22,23). The Morgan fingerprint density at radius 3 is 2.81 bits per heavy atom. The van der Waals surface area contributed by atoms with Crippen molar-refractivity contribution in [3.8, 4) is 0 Å². The number of aromatic nitrogens is 2. The molecule has 1 fully saturated rings. The number of amidine groups is 1. The van der Waals surface area contributed by atoms with Gasteiger partial charge < -0.3 is 15.5 Å². The maximum Gasteiger partial charge on any atom is 0.428 e. The first-order valence-electron chi connectivity index (χ1n) is 7.11. The highest BCUT2D eigenvalue weighted by molar-refractivity contribution is 7.80. The number of amides is 3. The van der Waals surface area contributed by atoms with Crippen molar-refractivity contribution in [2.24, 2.45) is 17.8 Å². The lowest BCUT2D eigenvalue weighted by molar-refractivity contribution is -0.0316. The second-order valence-electron chi connectivity index (χ2n) is 5.42. The van der Waals surface area contributed by atoms with Crippen LogP contribution in [0.15, 0.2) is 11.2 Å². The van der Waals surface area contributed by atoms with Crippen LogP contribution < -0.4 is 11.2 Å². The summed E-state index contributed by atoms with van der Waals surface area (Å²) in [4.78, 5) is 33.2. The molecule has 4 N–H and O–H groups in total. The first-order valence-corrected chi connectivity index (χ1v) is 8.48. The molecule has 0 aromatic carbocycles. The van der Waals surface area contributed by atoms with Gasteiger partial charge in [0.05, 0.1) is 18.4 Å². The molecule has 3 heterocycles. The number of urea groups is 1. The molecular weight excluding hydrogens is 374 g/mol. The third-order valence-electron chi connectivity index (χ3n) is 3.96. The molecule has 3 amide bonds. The van der Waals surface area contributed by atoms with Crippen LogP contribution in [0.3, 0.4) is 0 Å². The average molecular weight is 389 g/mol. The number of hydroxylamine groups is 3. The van der Waals surface area contributed by atoms with Gasteiger partial charge in [0.15, 0.2) is 5.84 Å². The van der Waals surface area contributed by atoms with Crippen LogP contribution in [0.25, 0.3) is 0 Å². The Morgan fingerprint density at radius 2 is 2.23 bits per heavy atom. The molecule has 26 heavy (non-hydrogen) atoms. The topological polar surface area (TPSA) is 182 Å². The number of aliphatic imine (C=N–C) groups is 1. The van der Waals surface area contributed by atoms with E-state index in [0.29, 0.717) is 16.3 Å². The number of fused-ring (bicyclic) bond motifs is 4. The van der Waals surface area contributed by atoms with E-state index in [9.17, 15) is 18.0 Å². The molecular formula is C11H15N7O7S. The van der Waals surface area contributed by atoms with Gasteiger partial charge in [-0.25, -0.2) is 15.1 Å². The summed E-state index contributed by atoms with van der Waals surface area (Å²) in [5, 5.41) is 4.64. The average Bonchev–Trinajstić information content (AvgIpc) is 3.04. The molecule has 2 aliphatic rings. The molecule has 2 unspecified atom stereocenters.